The molecule has 1 aliphatic carbocycles. The lowest BCUT2D eigenvalue weighted by Gasteiger charge is -2.23. The Kier molecular flexibility index (Phi) is 4.40. The molecule has 0 saturated carbocycles. The summed E-state index contributed by atoms with van der Waals surface area (Å²) in [7, 11) is 0. The number of carbonyl (C=O) groups excluding carboxylic acids is 1. The summed E-state index contributed by atoms with van der Waals surface area (Å²) >= 11 is 0. The molecule has 1 atom stereocenters. The molecule has 2 heterocycles. The van der Waals surface area contributed by atoms with Crippen molar-refractivity contribution in [2.45, 2.75) is 32.1 Å². The number of nitrogens with zero attached hydrogens (tertiary/aromatic N) is 2. The van der Waals surface area contributed by atoms with E-state index in [1.165, 1.54) is 29.5 Å². The molecule has 1 aromatic heterocycles. The third kappa shape index (κ3) is 3.24. The van der Waals surface area contributed by atoms with Gasteiger partial charge in [0, 0.05) is 30.8 Å². The van der Waals surface area contributed by atoms with E-state index in [0.29, 0.717) is 6.42 Å². The Labute approximate surface area is 147 Å². The van der Waals surface area contributed by atoms with Crippen molar-refractivity contribution in [3.05, 3.63) is 47.7 Å². The predicted octanol–water partition coefficient (Wildman–Crippen LogP) is 2.96. The molecule has 2 N–H and O–H groups in total. The molecular weight excluding hydrogens is 314 g/mol. The van der Waals surface area contributed by atoms with Crippen LogP contribution in [0.4, 0.5) is 5.82 Å². The summed E-state index contributed by atoms with van der Waals surface area (Å²) in [6, 6.07) is 10.7. The van der Waals surface area contributed by atoms with Gasteiger partial charge in [-0.15, -0.1) is 0 Å². The number of fused-ring (bicyclic) bond motifs is 1. The van der Waals surface area contributed by atoms with Crippen LogP contribution in [-0.4, -0.2) is 29.2 Å². The van der Waals surface area contributed by atoms with Crippen LogP contribution >= 0.6 is 0 Å². The van der Waals surface area contributed by atoms with Gasteiger partial charge in [-0.05, 0) is 60.9 Å². The van der Waals surface area contributed by atoms with Crippen LogP contribution in [0.3, 0.4) is 0 Å². The number of hydrogen-bond donors (Lipinski definition) is 2. The number of amides is 1. The van der Waals surface area contributed by atoms with E-state index in [-0.39, 0.29) is 11.8 Å². The van der Waals surface area contributed by atoms with Crippen molar-refractivity contribution >= 4 is 11.7 Å². The van der Waals surface area contributed by atoms with E-state index < -0.39 is 0 Å². The molecule has 4 rings (SSSR count). The maximum atomic E-state index is 11.6. The Balaban J connectivity index is 1.53. The second-order valence-electron chi connectivity index (χ2n) is 7.00. The van der Waals surface area contributed by atoms with Crippen LogP contribution in [0.1, 0.15) is 30.4 Å². The van der Waals surface area contributed by atoms with Gasteiger partial charge in [-0.3, -0.25) is 10.0 Å². The summed E-state index contributed by atoms with van der Waals surface area (Å²) in [5, 5.41) is 8.82. The summed E-state index contributed by atoms with van der Waals surface area (Å²) < 4.78 is 0. The zero-order valence-electron chi connectivity index (χ0n) is 14.2. The number of pyridine rings is 1. The quantitative estimate of drug-likeness (QED) is 0.667. The van der Waals surface area contributed by atoms with Crippen LogP contribution in [-0.2, 0) is 17.6 Å². The van der Waals surface area contributed by atoms with E-state index in [1.807, 2.05) is 6.20 Å². The standard InChI is InChI=1S/C20H23N3O2/c24-20(22-25)17-6-5-14-11-16(4-3-15(14)12-17)18-7-8-19(21-13-18)23-9-1-2-10-23/h3-4,7-8,11,13,17,25H,1-2,5-6,9-10,12H2,(H,22,24). The van der Waals surface area contributed by atoms with Crippen molar-refractivity contribution in [3.8, 4) is 11.1 Å². The molecule has 1 amide bonds. The first-order chi connectivity index (χ1) is 12.2. The lowest BCUT2D eigenvalue weighted by atomic mass is 9.82. The van der Waals surface area contributed by atoms with E-state index in [4.69, 9.17) is 5.21 Å². The average molecular weight is 337 g/mol. The summed E-state index contributed by atoms with van der Waals surface area (Å²) in [5.41, 5.74) is 6.57. The summed E-state index contributed by atoms with van der Waals surface area (Å²) in [6.45, 7) is 2.21. The van der Waals surface area contributed by atoms with Crippen LogP contribution in [0.2, 0.25) is 0 Å². The fraction of sp³-hybridized carbons (Fsp3) is 0.400. The average Bonchev–Trinajstić information content (AvgIpc) is 3.21. The zero-order chi connectivity index (χ0) is 17.2. The van der Waals surface area contributed by atoms with Crippen molar-refractivity contribution < 1.29 is 10.0 Å². The Morgan fingerprint density at radius 3 is 2.64 bits per heavy atom. The number of aryl methyl sites for hydroxylation is 1. The number of rotatable bonds is 3. The van der Waals surface area contributed by atoms with Crippen LogP contribution < -0.4 is 10.4 Å². The van der Waals surface area contributed by atoms with Crippen molar-refractivity contribution in [2.24, 2.45) is 5.92 Å². The van der Waals surface area contributed by atoms with E-state index in [1.54, 1.807) is 5.48 Å². The summed E-state index contributed by atoms with van der Waals surface area (Å²) in [4.78, 5) is 18.6. The van der Waals surface area contributed by atoms with Gasteiger partial charge >= 0.3 is 0 Å². The Hall–Kier alpha value is -2.40. The highest BCUT2D eigenvalue weighted by molar-refractivity contribution is 5.78. The van der Waals surface area contributed by atoms with Gasteiger partial charge in [-0.25, -0.2) is 10.5 Å². The van der Waals surface area contributed by atoms with Gasteiger partial charge in [0.15, 0.2) is 0 Å². The van der Waals surface area contributed by atoms with Crippen molar-refractivity contribution in [2.75, 3.05) is 18.0 Å². The lowest BCUT2D eigenvalue weighted by Crippen LogP contribution is -2.31. The number of aromatic nitrogens is 1. The lowest BCUT2D eigenvalue weighted by molar-refractivity contribution is -0.133. The topological polar surface area (TPSA) is 65.5 Å². The number of nitrogens with one attached hydrogen (secondary N) is 1. The number of hydroxylamine groups is 1. The fourth-order valence-electron chi connectivity index (χ4n) is 3.94. The van der Waals surface area contributed by atoms with E-state index >= 15 is 0 Å². The van der Waals surface area contributed by atoms with E-state index in [0.717, 1.165) is 37.3 Å². The third-order valence-electron chi connectivity index (χ3n) is 5.43. The minimum absolute atomic E-state index is 0.134. The van der Waals surface area contributed by atoms with Crippen molar-refractivity contribution in [3.63, 3.8) is 0 Å². The van der Waals surface area contributed by atoms with Gasteiger partial charge in [0.2, 0.25) is 5.91 Å². The van der Waals surface area contributed by atoms with Crippen molar-refractivity contribution in [1.29, 1.82) is 0 Å². The molecule has 25 heavy (non-hydrogen) atoms. The molecule has 5 heteroatoms. The molecule has 0 spiro atoms. The second-order valence-corrected chi connectivity index (χ2v) is 7.00. The molecule has 5 nitrogen and oxygen atoms in total. The number of hydrogen-bond acceptors (Lipinski definition) is 4. The molecule has 2 aromatic rings. The van der Waals surface area contributed by atoms with E-state index in [2.05, 4.69) is 40.2 Å². The molecule has 1 saturated heterocycles. The molecule has 130 valence electrons. The van der Waals surface area contributed by atoms with Crippen LogP contribution in [0, 0.1) is 5.92 Å². The van der Waals surface area contributed by atoms with Crippen LogP contribution in [0.25, 0.3) is 11.1 Å². The summed E-state index contributed by atoms with van der Waals surface area (Å²) in [6.07, 6.45) is 6.79. The first-order valence-electron chi connectivity index (χ1n) is 9.02. The Morgan fingerprint density at radius 2 is 1.92 bits per heavy atom. The molecule has 1 unspecified atom stereocenters. The fourth-order valence-corrected chi connectivity index (χ4v) is 3.94. The van der Waals surface area contributed by atoms with Crippen LogP contribution in [0.15, 0.2) is 36.5 Å². The molecule has 1 aromatic carbocycles. The van der Waals surface area contributed by atoms with E-state index in [9.17, 15) is 4.79 Å². The highest BCUT2D eigenvalue weighted by Gasteiger charge is 2.24. The largest absolute Gasteiger partial charge is 0.357 e. The maximum Gasteiger partial charge on any atom is 0.246 e. The minimum Gasteiger partial charge on any atom is -0.357 e. The second kappa shape index (κ2) is 6.84. The molecule has 1 fully saturated rings. The minimum atomic E-state index is -0.281. The smallest absolute Gasteiger partial charge is 0.246 e. The van der Waals surface area contributed by atoms with Gasteiger partial charge in [0.25, 0.3) is 0 Å². The molecule has 2 aliphatic rings. The third-order valence-corrected chi connectivity index (χ3v) is 5.43. The monoisotopic (exact) mass is 337 g/mol. The summed E-state index contributed by atoms with van der Waals surface area (Å²) in [5.74, 6) is 0.651. The Bertz CT molecular complexity index is 767. The maximum absolute atomic E-state index is 11.6. The molecule has 1 aliphatic heterocycles. The normalized spacial score (nSPS) is 19.6. The molecule has 0 bridgehead atoms. The number of anilines is 1. The van der Waals surface area contributed by atoms with Gasteiger partial charge < -0.3 is 4.90 Å². The van der Waals surface area contributed by atoms with Gasteiger partial charge in [-0.2, -0.15) is 0 Å². The van der Waals surface area contributed by atoms with Gasteiger partial charge in [0.05, 0.1) is 0 Å². The highest BCUT2D eigenvalue weighted by Crippen LogP contribution is 2.30. The Morgan fingerprint density at radius 1 is 1.12 bits per heavy atom. The number of benzene rings is 1. The van der Waals surface area contributed by atoms with Crippen molar-refractivity contribution in [1.82, 2.24) is 10.5 Å². The molecule has 0 radical (unpaired) electrons. The molecular formula is C20H23N3O2. The predicted molar refractivity (Wildman–Crippen MR) is 96.6 cm³/mol. The van der Waals surface area contributed by atoms with Crippen LogP contribution in [0.5, 0.6) is 0 Å². The van der Waals surface area contributed by atoms with Gasteiger partial charge in [-0.1, -0.05) is 18.2 Å². The SMILES string of the molecule is O=C(NO)C1CCc2cc(-c3ccc(N4CCCC4)nc3)ccc2C1. The number of carbonyl (C=O) groups is 1. The highest BCUT2D eigenvalue weighted by atomic mass is 16.5. The first kappa shape index (κ1) is 16.1. The first-order valence-corrected chi connectivity index (χ1v) is 9.02. The zero-order valence-corrected chi connectivity index (χ0v) is 14.2. The van der Waals surface area contributed by atoms with Gasteiger partial charge in [0.1, 0.15) is 5.82 Å².